The van der Waals surface area contributed by atoms with Crippen molar-refractivity contribution in [2.75, 3.05) is 31.2 Å². The summed E-state index contributed by atoms with van der Waals surface area (Å²) in [5.41, 5.74) is 7.19. The van der Waals surface area contributed by atoms with Crippen LogP contribution in [0, 0.1) is 25.7 Å². The molecule has 1 amide bonds. The van der Waals surface area contributed by atoms with Crippen LogP contribution >= 0.6 is 0 Å². The fourth-order valence-corrected chi connectivity index (χ4v) is 5.35. The van der Waals surface area contributed by atoms with E-state index >= 15 is 0 Å². The number of ether oxygens (including phenoxy) is 1. The Morgan fingerprint density at radius 1 is 1.09 bits per heavy atom. The maximum Gasteiger partial charge on any atom is 0.223 e. The van der Waals surface area contributed by atoms with Gasteiger partial charge in [-0.1, -0.05) is 26.0 Å². The zero-order chi connectivity index (χ0) is 24.5. The number of hydrogen-bond acceptors (Lipinski definition) is 4. The summed E-state index contributed by atoms with van der Waals surface area (Å²) >= 11 is 0. The lowest BCUT2D eigenvalue weighted by molar-refractivity contribution is -0.126. The molecule has 3 heterocycles. The lowest BCUT2D eigenvalue weighted by Gasteiger charge is -2.32. The molecule has 1 N–H and O–H groups in total. The summed E-state index contributed by atoms with van der Waals surface area (Å²) in [7, 11) is 0. The van der Waals surface area contributed by atoms with Gasteiger partial charge in [0, 0.05) is 31.3 Å². The van der Waals surface area contributed by atoms with E-state index in [-0.39, 0.29) is 17.9 Å². The molecule has 0 saturated carbocycles. The van der Waals surface area contributed by atoms with Crippen molar-refractivity contribution in [3.05, 3.63) is 53.1 Å². The fourth-order valence-electron chi connectivity index (χ4n) is 5.35. The fraction of sp³-hybridized carbons (Fsp3) is 0.517. The molecule has 0 radical (unpaired) electrons. The molecule has 3 aromatic rings. The van der Waals surface area contributed by atoms with E-state index in [4.69, 9.17) is 9.72 Å². The Bertz CT molecular complexity index is 1180. The van der Waals surface area contributed by atoms with Crippen molar-refractivity contribution in [1.82, 2.24) is 14.9 Å². The lowest BCUT2D eigenvalue weighted by atomic mass is 9.95. The Morgan fingerprint density at radius 2 is 1.80 bits per heavy atom. The summed E-state index contributed by atoms with van der Waals surface area (Å²) in [5, 5.41) is 3.19. The van der Waals surface area contributed by atoms with Crippen LogP contribution < -0.4 is 10.2 Å². The summed E-state index contributed by atoms with van der Waals surface area (Å²) in [6, 6.07) is 13.6. The highest BCUT2D eigenvalue weighted by Gasteiger charge is 2.30. The smallest absolute Gasteiger partial charge is 0.223 e. The number of amides is 1. The minimum absolute atomic E-state index is 0.0597. The van der Waals surface area contributed by atoms with Crippen LogP contribution in [-0.4, -0.2) is 47.8 Å². The van der Waals surface area contributed by atoms with E-state index in [0.717, 1.165) is 68.0 Å². The van der Waals surface area contributed by atoms with Crippen LogP contribution in [0.4, 0.5) is 5.95 Å². The Labute approximate surface area is 208 Å². The number of anilines is 1. The number of fused-ring (bicyclic) bond motifs is 1. The molecule has 1 aromatic heterocycles. The van der Waals surface area contributed by atoms with Crippen molar-refractivity contribution in [2.24, 2.45) is 11.8 Å². The number of nitrogens with one attached hydrogen (secondary N) is 1. The SMILES string of the molecule is Cc1cc2nc(N3CCC(C(=O)N[C@@H]4CCOC4)CC3)n(-c3ccc(CC(C)C)cc3)c2cc1C. The number of carbonyl (C=O) groups excluding carboxylic acids is 1. The van der Waals surface area contributed by atoms with Gasteiger partial charge in [-0.2, -0.15) is 0 Å². The van der Waals surface area contributed by atoms with Gasteiger partial charge in [-0.15, -0.1) is 0 Å². The van der Waals surface area contributed by atoms with Crippen molar-refractivity contribution in [3.63, 3.8) is 0 Å². The summed E-state index contributed by atoms with van der Waals surface area (Å²) in [6.07, 6.45) is 3.68. The second-order valence-electron chi connectivity index (χ2n) is 10.8. The number of piperidine rings is 1. The Hall–Kier alpha value is -2.86. The molecule has 5 rings (SSSR count). The van der Waals surface area contributed by atoms with Crippen LogP contribution in [-0.2, 0) is 16.0 Å². The average Bonchev–Trinajstić information content (AvgIpc) is 3.47. The maximum absolute atomic E-state index is 12.8. The molecule has 0 bridgehead atoms. The second-order valence-corrected chi connectivity index (χ2v) is 10.8. The first-order valence-corrected chi connectivity index (χ1v) is 13.1. The zero-order valence-electron chi connectivity index (χ0n) is 21.5. The van der Waals surface area contributed by atoms with Crippen molar-refractivity contribution < 1.29 is 9.53 Å². The number of aromatic nitrogens is 2. The molecule has 2 aliphatic rings. The number of nitrogens with zero attached hydrogens (tertiary/aromatic N) is 3. The van der Waals surface area contributed by atoms with Gasteiger partial charge in [-0.25, -0.2) is 4.98 Å². The molecule has 2 fully saturated rings. The van der Waals surface area contributed by atoms with Gasteiger partial charge in [0.2, 0.25) is 11.9 Å². The van der Waals surface area contributed by atoms with Crippen molar-refractivity contribution in [1.29, 1.82) is 0 Å². The van der Waals surface area contributed by atoms with Crippen LogP contribution in [0.3, 0.4) is 0 Å². The summed E-state index contributed by atoms with van der Waals surface area (Å²) in [5.74, 6) is 1.85. The predicted molar refractivity (Wildman–Crippen MR) is 141 cm³/mol. The van der Waals surface area contributed by atoms with E-state index in [1.54, 1.807) is 0 Å². The van der Waals surface area contributed by atoms with E-state index in [1.807, 2.05) is 0 Å². The standard InChI is InChI=1S/C29H38N4O2/c1-19(2)15-22-5-7-25(8-6-22)33-27-17-21(4)20(3)16-26(27)31-29(33)32-12-9-23(10-13-32)28(34)30-24-11-14-35-18-24/h5-8,16-17,19,23-24H,9-15,18H2,1-4H3,(H,30,34)/t24-/m1/s1. The van der Waals surface area contributed by atoms with Crippen LogP contribution in [0.25, 0.3) is 16.7 Å². The van der Waals surface area contributed by atoms with Crippen LogP contribution in [0.5, 0.6) is 0 Å². The highest BCUT2D eigenvalue weighted by atomic mass is 16.5. The third kappa shape index (κ3) is 5.08. The molecular weight excluding hydrogens is 436 g/mol. The quantitative estimate of drug-likeness (QED) is 0.548. The number of benzene rings is 2. The minimum Gasteiger partial charge on any atom is -0.379 e. The summed E-state index contributed by atoms with van der Waals surface area (Å²) in [6.45, 7) is 11.9. The molecule has 6 nitrogen and oxygen atoms in total. The van der Waals surface area contributed by atoms with E-state index in [2.05, 4.69) is 78.9 Å². The molecule has 186 valence electrons. The molecule has 0 aliphatic carbocycles. The number of aryl methyl sites for hydroxylation is 2. The van der Waals surface area contributed by atoms with Crippen molar-refractivity contribution in [2.45, 2.75) is 59.4 Å². The molecule has 2 aliphatic heterocycles. The van der Waals surface area contributed by atoms with E-state index in [1.165, 1.54) is 16.7 Å². The largest absolute Gasteiger partial charge is 0.379 e. The number of rotatable bonds is 6. The molecular formula is C29H38N4O2. The molecule has 0 unspecified atom stereocenters. The Kier molecular flexibility index (Phi) is 6.83. The maximum atomic E-state index is 12.8. The summed E-state index contributed by atoms with van der Waals surface area (Å²) < 4.78 is 7.72. The molecule has 1 atom stereocenters. The topological polar surface area (TPSA) is 59.4 Å². The van der Waals surface area contributed by atoms with E-state index < -0.39 is 0 Å². The monoisotopic (exact) mass is 474 g/mol. The first-order chi connectivity index (χ1) is 16.9. The number of imidazole rings is 1. The van der Waals surface area contributed by atoms with Crippen LogP contribution in [0.15, 0.2) is 36.4 Å². The number of carbonyl (C=O) groups is 1. The molecule has 6 heteroatoms. The van der Waals surface area contributed by atoms with E-state index in [0.29, 0.717) is 12.5 Å². The van der Waals surface area contributed by atoms with Crippen molar-refractivity contribution in [3.8, 4) is 5.69 Å². The average molecular weight is 475 g/mol. The lowest BCUT2D eigenvalue weighted by Crippen LogP contribution is -2.44. The van der Waals surface area contributed by atoms with Gasteiger partial charge in [0.15, 0.2) is 0 Å². The van der Waals surface area contributed by atoms with Crippen molar-refractivity contribution >= 4 is 22.9 Å². The van der Waals surface area contributed by atoms with Crippen LogP contribution in [0.1, 0.15) is 49.8 Å². The van der Waals surface area contributed by atoms with Crippen LogP contribution in [0.2, 0.25) is 0 Å². The first-order valence-electron chi connectivity index (χ1n) is 13.1. The highest BCUT2D eigenvalue weighted by molar-refractivity contribution is 5.83. The third-order valence-electron chi connectivity index (χ3n) is 7.52. The van der Waals surface area contributed by atoms with E-state index in [9.17, 15) is 4.79 Å². The first kappa shape index (κ1) is 23.9. The van der Waals surface area contributed by atoms with Gasteiger partial charge in [0.05, 0.1) is 23.7 Å². The normalized spacial score (nSPS) is 19.1. The second kappa shape index (κ2) is 10.0. The Balaban J connectivity index is 1.41. The predicted octanol–water partition coefficient (Wildman–Crippen LogP) is 4.96. The highest BCUT2D eigenvalue weighted by Crippen LogP contribution is 2.32. The third-order valence-corrected chi connectivity index (χ3v) is 7.52. The number of hydrogen-bond donors (Lipinski definition) is 1. The molecule has 0 spiro atoms. The van der Waals surface area contributed by atoms with Gasteiger partial charge in [-0.05, 0) is 86.4 Å². The minimum atomic E-state index is 0.0597. The van der Waals surface area contributed by atoms with Gasteiger partial charge >= 0.3 is 0 Å². The molecule has 2 saturated heterocycles. The zero-order valence-corrected chi connectivity index (χ0v) is 21.5. The summed E-state index contributed by atoms with van der Waals surface area (Å²) in [4.78, 5) is 20.3. The van der Waals surface area contributed by atoms with Gasteiger partial charge in [0.25, 0.3) is 0 Å². The Morgan fingerprint density at radius 3 is 2.46 bits per heavy atom. The van der Waals surface area contributed by atoms with Gasteiger partial charge in [0.1, 0.15) is 0 Å². The van der Waals surface area contributed by atoms with Gasteiger partial charge < -0.3 is 15.0 Å². The molecule has 35 heavy (non-hydrogen) atoms. The molecule has 2 aromatic carbocycles. The van der Waals surface area contributed by atoms with Gasteiger partial charge in [-0.3, -0.25) is 9.36 Å².